The van der Waals surface area contributed by atoms with Crippen LogP contribution in [0.4, 0.5) is 0 Å². The van der Waals surface area contributed by atoms with Crippen molar-refractivity contribution in [2.24, 2.45) is 0 Å². The molecule has 106 valence electrons. The van der Waals surface area contributed by atoms with E-state index in [1.807, 2.05) is 0 Å². The average molecular weight is 275 g/mol. The van der Waals surface area contributed by atoms with Crippen LogP contribution in [-0.4, -0.2) is 4.98 Å². The van der Waals surface area contributed by atoms with Crippen molar-refractivity contribution >= 4 is 10.9 Å². The van der Waals surface area contributed by atoms with Crippen LogP contribution < -0.4 is 0 Å². The molecule has 2 aromatic carbocycles. The molecule has 0 bridgehead atoms. The maximum Gasteiger partial charge on any atom is 0.0741 e. The van der Waals surface area contributed by atoms with Crippen LogP contribution in [0.3, 0.4) is 0 Å². The van der Waals surface area contributed by atoms with Crippen LogP contribution >= 0.6 is 0 Å². The SMILES string of the molecule is CCCCCc1cc2ccccc2nc1-c1ccccc1. The number of hydrogen-bond acceptors (Lipinski definition) is 1. The van der Waals surface area contributed by atoms with Crippen molar-refractivity contribution in [2.45, 2.75) is 32.6 Å². The molecule has 0 aliphatic carbocycles. The molecule has 0 aliphatic heterocycles. The van der Waals surface area contributed by atoms with E-state index in [0.717, 1.165) is 17.6 Å². The fourth-order valence-corrected chi connectivity index (χ4v) is 2.76. The van der Waals surface area contributed by atoms with Gasteiger partial charge in [-0.05, 0) is 30.5 Å². The van der Waals surface area contributed by atoms with Gasteiger partial charge < -0.3 is 0 Å². The van der Waals surface area contributed by atoms with Gasteiger partial charge in [0.15, 0.2) is 0 Å². The first-order valence-corrected chi connectivity index (χ1v) is 7.82. The van der Waals surface area contributed by atoms with Crippen molar-refractivity contribution in [1.82, 2.24) is 4.98 Å². The Labute approximate surface area is 126 Å². The first-order valence-electron chi connectivity index (χ1n) is 7.82. The quantitative estimate of drug-likeness (QED) is 0.549. The lowest BCUT2D eigenvalue weighted by molar-refractivity contribution is 0.717. The second-order valence-corrected chi connectivity index (χ2v) is 5.51. The summed E-state index contributed by atoms with van der Waals surface area (Å²) < 4.78 is 0. The Morgan fingerprint density at radius 2 is 1.62 bits per heavy atom. The number of fused-ring (bicyclic) bond motifs is 1. The lowest BCUT2D eigenvalue weighted by Gasteiger charge is -2.11. The number of rotatable bonds is 5. The second-order valence-electron chi connectivity index (χ2n) is 5.51. The fourth-order valence-electron chi connectivity index (χ4n) is 2.76. The minimum absolute atomic E-state index is 1.08. The first-order chi connectivity index (χ1) is 10.4. The van der Waals surface area contributed by atoms with Crippen molar-refractivity contribution in [3.63, 3.8) is 0 Å². The minimum Gasteiger partial charge on any atom is -0.248 e. The van der Waals surface area contributed by atoms with E-state index in [-0.39, 0.29) is 0 Å². The van der Waals surface area contributed by atoms with Gasteiger partial charge in [-0.15, -0.1) is 0 Å². The van der Waals surface area contributed by atoms with Crippen LogP contribution in [0.15, 0.2) is 60.7 Å². The zero-order chi connectivity index (χ0) is 14.5. The Balaban J connectivity index is 2.08. The highest BCUT2D eigenvalue weighted by Gasteiger charge is 2.08. The van der Waals surface area contributed by atoms with Crippen LogP contribution in [0, 0.1) is 0 Å². The molecule has 3 rings (SSSR count). The predicted octanol–water partition coefficient (Wildman–Crippen LogP) is 5.63. The number of aryl methyl sites for hydroxylation is 1. The van der Waals surface area contributed by atoms with Crippen LogP contribution in [0.5, 0.6) is 0 Å². The van der Waals surface area contributed by atoms with Crippen LogP contribution in [0.2, 0.25) is 0 Å². The highest BCUT2D eigenvalue weighted by molar-refractivity contribution is 5.83. The topological polar surface area (TPSA) is 12.9 Å². The zero-order valence-electron chi connectivity index (χ0n) is 12.5. The Bertz CT molecular complexity index is 716. The van der Waals surface area contributed by atoms with Gasteiger partial charge in [0.25, 0.3) is 0 Å². The molecule has 0 aliphatic rings. The number of para-hydroxylation sites is 1. The Morgan fingerprint density at radius 1 is 0.857 bits per heavy atom. The van der Waals surface area contributed by atoms with Gasteiger partial charge in [0.05, 0.1) is 11.2 Å². The van der Waals surface area contributed by atoms with Gasteiger partial charge in [0.1, 0.15) is 0 Å². The van der Waals surface area contributed by atoms with E-state index in [0.29, 0.717) is 0 Å². The van der Waals surface area contributed by atoms with Crippen molar-refractivity contribution in [2.75, 3.05) is 0 Å². The van der Waals surface area contributed by atoms with Gasteiger partial charge in [-0.3, -0.25) is 0 Å². The molecule has 0 amide bonds. The summed E-state index contributed by atoms with van der Waals surface area (Å²) in [4.78, 5) is 4.92. The molecule has 1 aromatic heterocycles. The van der Waals surface area contributed by atoms with Crippen LogP contribution in [0.25, 0.3) is 22.2 Å². The summed E-state index contributed by atoms with van der Waals surface area (Å²) in [6.45, 7) is 2.25. The number of unbranched alkanes of at least 4 members (excludes halogenated alkanes) is 2. The van der Waals surface area contributed by atoms with Crippen molar-refractivity contribution in [3.05, 3.63) is 66.2 Å². The number of pyridine rings is 1. The van der Waals surface area contributed by atoms with Crippen molar-refractivity contribution < 1.29 is 0 Å². The maximum atomic E-state index is 4.92. The van der Waals surface area contributed by atoms with Crippen molar-refractivity contribution in [1.29, 1.82) is 0 Å². The lowest BCUT2D eigenvalue weighted by atomic mass is 9.99. The molecule has 0 atom stereocenters. The maximum absolute atomic E-state index is 4.92. The molecule has 1 heteroatoms. The Hall–Kier alpha value is -2.15. The molecular weight excluding hydrogens is 254 g/mol. The van der Waals surface area contributed by atoms with E-state index in [1.54, 1.807) is 0 Å². The molecule has 0 N–H and O–H groups in total. The van der Waals surface area contributed by atoms with E-state index in [2.05, 4.69) is 67.6 Å². The van der Waals surface area contributed by atoms with E-state index < -0.39 is 0 Å². The summed E-state index contributed by atoms with van der Waals surface area (Å²) in [7, 11) is 0. The summed E-state index contributed by atoms with van der Waals surface area (Å²) in [5.41, 5.74) is 4.81. The van der Waals surface area contributed by atoms with Gasteiger partial charge in [0.2, 0.25) is 0 Å². The fraction of sp³-hybridized carbons (Fsp3) is 0.250. The lowest BCUT2D eigenvalue weighted by Crippen LogP contribution is -1.95. The minimum atomic E-state index is 1.08. The summed E-state index contributed by atoms with van der Waals surface area (Å²) in [5, 5.41) is 1.24. The third-order valence-electron chi connectivity index (χ3n) is 3.90. The van der Waals surface area contributed by atoms with Gasteiger partial charge >= 0.3 is 0 Å². The number of nitrogens with zero attached hydrogens (tertiary/aromatic N) is 1. The molecule has 3 aromatic rings. The number of hydrogen-bond donors (Lipinski definition) is 0. The molecule has 21 heavy (non-hydrogen) atoms. The largest absolute Gasteiger partial charge is 0.248 e. The van der Waals surface area contributed by atoms with Crippen molar-refractivity contribution in [3.8, 4) is 11.3 Å². The Kier molecular flexibility index (Phi) is 4.30. The predicted molar refractivity (Wildman–Crippen MR) is 90.4 cm³/mol. The first kappa shape index (κ1) is 13.8. The summed E-state index contributed by atoms with van der Waals surface area (Å²) in [6, 6.07) is 21.2. The average Bonchev–Trinajstić information content (AvgIpc) is 2.55. The van der Waals surface area contributed by atoms with E-state index in [4.69, 9.17) is 4.98 Å². The molecular formula is C20H21N. The molecule has 0 radical (unpaired) electrons. The van der Waals surface area contributed by atoms with Crippen LogP contribution in [0.1, 0.15) is 31.7 Å². The smallest absolute Gasteiger partial charge is 0.0741 e. The monoisotopic (exact) mass is 275 g/mol. The molecule has 0 fully saturated rings. The van der Waals surface area contributed by atoms with Crippen LogP contribution in [-0.2, 0) is 6.42 Å². The van der Waals surface area contributed by atoms with E-state index in [1.165, 1.54) is 35.8 Å². The molecule has 0 saturated heterocycles. The van der Waals surface area contributed by atoms with E-state index >= 15 is 0 Å². The summed E-state index contributed by atoms with van der Waals surface area (Å²) in [6.07, 6.45) is 4.87. The standard InChI is InChI=1S/C20H21N/c1-2-3-5-13-18-15-17-12-8-9-14-19(17)21-20(18)16-10-6-4-7-11-16/h4,6-12,14-15H,2-3,5,13H2,1H3. The summed E-state index contributed by atoms with van der Waals surface area (Å²) >= 11 is 0. The van der Waals surface area contributed by atoms with Gasteiger partial charge in [0, 0.05) is 10.9 Å². The van der Waals surface area contributed by atoms with Gasteiger partial charge in [-0.1, -0.05) is 68.3 Å². The Morgan fingerprint density at radius 3 is 2.43 bits per heavy atom. The van der Waals surface area contributed by atoms with Gasteiger partial charge in [-0.25, -0.2) is 4.98 Å². The zero-order valence-corrected chi connectivity index (χ0v) is 12.5. The normalized spacial score (nSPS) is 10.9. The van der Waals surface area contributed by atoms with Gasteiger partial charge in [-0.2, -0.15) is 0 Å². The number of aromatic nitrogens is 1. The molecule has 0 spiro atoms. The third kappa shape index (κ3) is 3.13. The van der Waals surface area contributed by atoms with E-state index in [9.17, 15) is 0 Å². The molecule has 0 saturated carbocycles. The second kappa shape index (κ2) is 6.53. The highest BCUT2D eigenvalue weighted by Crippen LogP contribution is 2.27. The third-order valence-corrected chi connectivity index (χ3v) is 3.90. The molecule has 0 unspecified atom stereocenters. The molecule has 1 nitrogen and oxygen atoms in total. The highest BCUT2D eigenvalue weighted by atomic mass is 14.7. The molecule has 1 heterocycles. The summed E-state index contributed by atoms with van der Waals surface area (Å²) in [5.74, 6) is 0. The number of benzene rings is 2.